The first-order valence-electron chi connectivity index (χ1n) is 7.24. The molecule has 1 fully saturated rings. The van der Waals surface area contributed by atoms with Crippen LogP contribution in [-0.2, 0) is 0 Å². The second-order valence-electron chi connectivity index (χ2n) is 5.49. The molecule has 1 aliphatic heterocycles. The predicted octanol–water partition coefficient (Wildman–Crippen LogP) is 1.90. The number of thiocarbonyl (C=S) groups is 1. The summed E-state index contributed by atoms with van der Waals surface area (Å²) in [4.78, 5) is 6.74. The maximum atomic E-state index is 6.05. The molecule has 1 saturated heterocycles. The van der Waals surface area contributed by atoms with Crippen molar-refractivity contribution in [1.29, 1.82) is 0 Å². The fourth-order valence-electron chi connectivity index (χ4n) is 2.34. The van der Waals surface area contributed by atoms with Crippen molar-refractivity contribution in [2.75, 3.05) is 58.3 Å². The summed E-state index contributed by atoms with van der Waals surface area (Å²) >= 11 is 11.5. The highest BCUT2D eigenvalue weighted by Gasteiger charge is 2.19. The van der Waals surface area contributed by atoms with Crippen LogP contribution in [0.25, 0.3) is 0 Å². The second kappa shape index (κ2) is 7.82. The van der Waals surface area contributed by atoms with Gasteiger partial charge in [-0.3, -0.25) is 0 Å². The summed E-state index contributed by atoms with van der Waals surface area (Å²) in [5.74, 6) is 0. The lowest BCUT2D eigenvalue weighted by atomic mass is 10.2. The molecule has 6 heteroatoms. The Hall–Kier alpha value is -1.04. The molecule has 21 heavy (non-hydrogen) atoms. The quantitative estimate of drug-likeness (QED) is 0.851. The molecule has 0 atom stereocenters. The number of benzene rings is 1. The Morgan fingerprint density at radius 1 is 1.29 bits per heavy atom. The van der Waals surface area contributed by atoms with Gasteiger partial charge in [0.1, 0.15) is 0 Å². The minimum absolute atomic E-state index is 0.788. The van der Waals surface area contributed by atoms with E-state index in [0.29, 0.717) is 0 Å². The van der Waals surface area contributed by atoms with Crippen molar-refractivity contribution in [3.63, 3.8) is 0 Å². The Morgan fingerprint density at radius 2 is 2.00 bits per heavy atom. The highest BCUT2D eigenvalue weighted by Crippen LogP contribution is 2.20. The molecule has 116 valence electrons. The van der Waals surface area contributed by atoms with E-state index in [1.807, 2.05) is 18.2 Å². The Balaban J connectivity index is 1.79. The first-order valence-corrected chi connectivity index (χ1v) is 8.03. The van der Waals surface area contributed by atoms with Crippen LogP contribution in [0, 0.1) is 0 Å². The molecule has 1 aliphatic rings. The molecule has 4 nitrogen and oxygen atoms in total. The molecule has 0 bridgehead atoms. The van der Waals surface area contributed by atoms with E-state index >= 15 is 0 Å². The normalized spacial score (nSPS) is 15.4. The van der Waals surface area contributed by atoms with Gasteiger partial charge in [-0.1, -0.05) is 17.7 Å². The van der Waals surface area contributed by atoms with Gasteiger partial charge in [0, 0.05) is 50.0 Å². The Morgan fingerprint density at radius 3 is 2.62 bits per heavy atom. The number of halogens is 1. The molecule has 0 radical (unpaired) electrons. The van der Waals surface area contributed by atoms with Crippen LogP contribution >= 0.6 is 23.8 Å². The largest absolute Gasteiger partial charge is 0.368 e. The highest BCUT2D eigenvalue weighted by molar-refractivity contribution is 7.80. The van der Waals surface area contributed by atoms with E-state index in [9.17, 15) is 0 Å². The summed E-state index contributed by atoms with van der Waals surface area (Å²) in [5.41, 5.74) is 1.19. The van der Waals surface area contributed by atoms with E-state index in [2.05, 4.69) is 40.2 Å². The van der Waals surface area contributed by atoms with Gasteiger partial charge in [0.2, 0.25) is 0 Å². The Kier molecular flexibility index (Phi) is 6.08. The first kappa shape index (κ1) is 16.3. The van der Waals surface area contributed by atoms with Crippen molar-refractivity contribution in [3.05, 3.63) is 29.3 Å². The van der Waals surface area contributed by atoms with Crippen LogP contribution in [0.5, 0.6) is 0 Å². The molecule has 0 saturated carbocycles. The number of anilines is 1. The van der Waals surface area contributed by atoms with Crippen LogP contribution < -0.4 is 10.2 Å². The minimum atomic E-state index is 0.788. The van der Waals surface area contributed by atoms with Crippen molar-refractivity contribution >= 4 is 34.6 Å². The van der Waals surface area contributed by atoms with Gasteiger partial charge in [-0.15, -0.1) is 0 Å². The van der Waals surface area contributed by atoms with E-state index in [0.717, 1.165) is 49.4 Å². The average molecular weight is 327 g/mol. The van der Waals surface area contributed by atoms with Gasteiger partial charge in [-0.2, -0.15) is 0 Å². The molecule has 1 N–H and O–H groups in total. The number of nitrogens with zero attached hydrogens (tertiary/aromatic N) is 3. The lowest BCUT2D eigenvalue weighted by Gasteiger charge is -2.37. The third-order valence-corrected chi connectivity index (χ3v) is 4.21. The number of rotatable bonds is 4. The fraction of sp³-hybridized carbons (Fsp3) is 0.533. The minimum Gasteiger partial charge on any atom is -0.368 e. The molecule has 0 aromatic heterocycles. The molecule has 1 aromatic rings. The molecular weight excluding hydrogens is 304 g/mol. The molecule has 1 aromatic carbocycles. The summed E-state index contributed by atoms with van der Waals surface area (Å²) in [7, 11) is 4.13. The van der Waals surface area contributed by atoms with E-state index in [1.165, 1.54) is 5.69 Å². The van der Waals surface area contributed by atoms with E-state index < -0.39 is 0 Å². The Labute approximate surface area is 137 Å². The van der Waals surface area contributed by atoms with Gasteiger partial charge >= 0.3 is 0 Å². The van der Waals surface area contributed by atoms with Crippen LogP contribution in [0.3, 0.4) is 0 Å². The standard InChI is InChI=1S/C15H23ClN4S/c1-18(2)7-6-17-15(21)20-10-8-19(9-11-20)14-5-3-4-13(16)12-14/h3-5,12H,6-11H2,1-2H3,(H,17,21). The van der Waals surface area contributed by atoms with Gasteiger partial charge in [0.15, 0.2) is 5.11 Å². The van der Waals surface area contributed by atoms with E-state index in [-0.39, 0.29) is 0 Å². The third-order valence-electron chi connectivity index (χ3n) is 3.58. The van der Waals surface area contributed by atoms with Crippen LogP contribution in [-0.4, -0.2) is 68.3 Å². The van der Waals surface area contributed by atoms with E-state index in [1.54, 1.807) is 0 Å². The zero-order chi connectivity index (χ0) is 15.2. The van der Waals surface area contributed by atoms with Crippen LogP contribution in [0.15, 0.2) is 24.3 Å². The van der Waals surface area contributed by atoms with Crippen LogP contribution in [0.2, 0.25) is 5.02 Å². The summed E-state index contributed by atoms with van der Waals surface area (Å²) in [5, 5.41) is 4.97. The van der Waals surface area contributed by atoms with Gasteiger partial charge in [0.25, 0.3) is 0 Å². The molecule has 2 rings (SSSR count). The number of likely N-dealkylation sites (N-methyl/N-ethyl adjacent to an activating group) is 1. The lowest BCUT2D eigenvalue weighted by Crippen LogP contribution is -2.52. The Bertz CT molecular complexity index is 472. The van der Waals surface area contributed by atoms with Gasteiger partial charge in [0.05, 0.1) is 0 Å². The number of nitrogens with one attached hydrogen (secondary N) is 1. The number of hydrogen-bond donors (Lipinski definition) is 1. The zero-order valence-corrected chi connectivity index (χ0v) is 14.3. The van der Waals surface area contributed by atoms with Crippen LogP contribution in [0.4, 0.5) is 5.69 Å². The van der Waals surface area contributed by atoms with Crippen molar-refractivity contribution in [2.24, 2.45) is 0 Å². The maximum Gasteiger partial charge on any atom is 0.169 e. The predicted molar refractivity (Wildman–Crippen MR) is 94.4 cm³/mol. The van der Waals surface area contributed by atoms with Gasteiger partial charge < -0.3 is 20.0 Å². The zero-order valence-electron chi connectivity index (χ0n) is 12.7. The summed E-state index contributed by atoms with van der Waals surface area (Å²) < 4.78 is 0. The SMILES string of the molecule is CN(C)CCNC(=S)N1CCN(c2cccc(Cl)c2)CC1. The van der Waals surface area contributed by atoms with Crippen molar-refractivity contribution in [2.45, 2.75) is 0 Å². The molecule has 0 unspecified atom stereocenters. The number of piperazine rings is 1. The van der Waals surface area contributed by atoms with E-state index in [4.69, 9.17) is 23.8 Å². The molecular formula is C15H23ClN4S. The van der Waals surface area contributed by atoms with Crippen molar-refractivity contribution < 1.29 is 0 Å². The van der Waals surface area contributed by atoms with Crippen molar-refractivity contribution in [3.8, 4) is 0 Å². The topological polar surface area (TPSA) is 21.8 Å². The van der Waals surface area contributed by atoms with Crippen molar-refractivity contribution in [1.82, 2.24) is 15.1 Å². The van der Waals surface area contributed by atoms with Gasteiger partial charge in [-0.05, 0) is 44.5 Å². The second-order valence-corrected chi connectivity index (χ2v) is 6.31. The summed E-state index contributed by atoms with van der Waals surface area (Å²) in [6.45, 7) is 5.70. The molecule has 0 spiro atoms. The molecule has 0 aliphatic carbocycles. The number of hydrogen-bond acceptors (Lipinski definition) is 3. The highest BCUT2D eigenvalue weighted by atomic mass is 35.5. The monoisotopic (exact) mass is 326 g/mol. The molecule has 1 heterocycles. The summed E-state index contributed by atoms with van der Waals surface area (Å²) in [6, 6.07) is 8.03. The maximum absolute atomic E-state index is 6.05. The average Bonchev–Trinajstić information content (AvgIpc) is 2.47. The van der Waals surface area contributed by atoms with Crippen LogP contribution in [0.1, 0.15) is 0 Å². The molecule has 0 amide bonds. The third kappa shape index (κ3) is 5.02. The first-order chi connectivity index (χ1) is 10.1. The smallest absolute Gasteiger partial charge is 0.169 e. The fourth-order valence-corrected chi connectivity index (χ4v) is 2.81. The lowest BCUT2D eigenvalue weighted by molar-refractivity contribution is 0.371. The summed E-state index contributed by atoms with van der Waals surface area (Å²) in [6.07, 6.45) is 0. The van der Waals surface area contributed by atoms with Gasteiger partial charge in [-0.25, -0.2) is 0 Å².